The molecule has 4 aromatic rings. The number of halogens is 1. The summed E-state index contributed by atoms with van der Waals surface area (Å²) in [6.07, 6.45) is 4.79. The zero-order valence-corrected chi connectivity index (χ0v) is 20.6. The van der Waals surface area contributed by atoms with Gasteiger partial charge in [0, 0.05) is 39.6 Å². The number of hydrogen-bond acceptors (Lipinski definition) is 4. The number of carbonyl (C=O) groups excluding carboxylic acids is 3. The summed E-state index contributed by atoms with van der Waals surface area (Å²) in [5.74, 6) is -1.42. The molecule has 4 rings (SSSR count). The summed E-state index contributed by atoms with van der Waals surface area (Å²) >= 11 is 3.44. The van der Waals surface area contributed by atoms with Gasteiger partial charge in [0.2, 0.25) is 5.91 Å². The fourth-order valence-corrected chi connectivity index (χ4v) is 4.09. The molecule has 0 aliphatic rings. The van der Waals surface area contributed by atoms with Crippen molar-refractivity contribution in [1.29, 1.82) is 0 Å². The summed E-state index contributed by atoms with van der Waals surface area (Å²) in [4.78, 5) is 40.7. The number of hydrogen-bond donors (Lipinski definition) is 5. The van der Waals surface area contributed by atoms with Gasteiger partial charge < -0.3 is 15.6 Å². The largest absolute Gasteiger partial charge is 0.361 e. The number of rotatable bonds is 8. The molecular formula is C27H23BrN4O4. The molecule has 0 radical (unpaired) electrons. The number of para-hydroxylation sites is 2. The fraction of sp³-hybridized carbons (Fsp3) is 0.0741. The molecule has 3 amide bonds. The van der Waals surface area contributed by atoms with E-state index in [1.807, 2.05) is 48.7 Å². The Morgan fingerprint density at radius 3 is 2.44 bits per heavy atom. The Hall–Kier alpha value is -4.21. The Bertz CT molecular complexity index is 1430. The van der Waals surface area contributed by atoms with Gasteiger partial charge in [0.25, 0.3) is 11.8 Å². The molecule has 36 heavy (non-hydrogen) atoms. The van der Waals surface area contributed by atoms with Crippen LogP contribution in [-0.4, -0.2) is 34.0 Å². The standard InChI is InChI=1S/C27H23BrN4O4/c28-21-6-2-4-8-23(21)30-27(35)24(15-19-16-29-22-7-3-1-5-20(19)22)31-26(34)18-12-9-17(10-13-18)11-14-25(33)32-36/h1-14,16,24,29,36H,15H2,(H,30,35)(H,31,34)(H,32,33)/b14-11+. The number of aromatic amines is 1. The van der Waals surface area contributed by atoms with Crippen LogP contribution in [0.1, 0.15) is 21.5 Å². The van der Waals surface area contributed by atoms with E-state index in [0.717, 1.165) is 20.9 Å². The van der Waals surface area contributed by atoms with E-state index >= 15 is 0 Å². The number of fused-ring (bicyclic) bond motifs is 1. The van der Waals surface area contributed by atoms with Crippen molar-refractivity contribution in [3.05, 3.63) is 106 Å². The van der Waals surface area contributed by atoms with Crippen molar-refractivity contribution in [2.75, 3.05) is 5.32 Å². The molecule has 0 aliphatic carbocycles. The maximum Gasteiger partial charge on any atom is 0.267 e. The Morgan fingerprint density at radius 1 is 0.972 bits per heavy atom. The molecule has 1 aromatic heterocycles. The van der Waals surface area contributed by atoms with Crippen LogP contribution in [0.25, 0.3) is 17.0 Å². The highest BCUT2D eigenvalue weighted by molar-refractivity contribution is 9.10. The SMILES string of the molecule is O=C(/C=C/c1ccc(C(=O)NC(Cc2c[nH]c3ccccc23)C(=O)Nc2ccccc2Br)cc1)NO. The van der Waals surface area contributed by atoms with E-state index in [2.05, 4.69) is 31.5 Å². The monoisotopic (exact) mass is 546 g/mol. The predicted molar refractivity (Wildman–Crippen MR) is 141 cm³/mol. The van der Waals surface area contributed by atoms with Crippen molar-refractivity contribution in [3.63, 3.8) is 0 Å². The summed E-state index contributed by atoms with van der Waals surface area (Å²) in [6.45, 7) is 0. The van der Waals surface area contributed by atoms with Crippen LogP contribution in [0.2, 0.25) is 0 Å². The fourth-order valence-electron chi connectivity index (χ4n) is 3.71. The minimum Gasteiger partial charge on any atom is -0.361 e. The van der Waals surface area contributed by atoms with Crippen LogP contribution >= 0.6 is 15.9 Å². The minimum atomic E-state index is -0.850. The van der Waals surface area contributed by atoms with E-state index in [-0.39, 0.29) is 12.3 Å². The number of carbonyl (C=O) groups is 3. The number of aromatic nitrogens is 1. The van der Waals surface area contributed by atoms with E-state index in [1.54, 1.807) is 30.3 Å². The molecule has 5 N–H and O–H groups in total. The second-order valence-corrected chi connectivity index (χ2v) is 8.84. The second kappa shape index (κ2) is 11.5. The lowest BCUT2D eigenvalue weighted by Gasteiger charge is -2.19. The van der Waals surface area contributed by atoms with Crippen molar-refractivity contribution in [3.8, 4) is 0 Å². The minimum absolute atomic E-state index is 0.281. The van der Waals surface area contributed by atoms with Gasteiger partial charge in [-0.2, -0.15) is 0 Å². The number of benzene rings is 3. The molecular weight excluding hydrogens is 524 g/mol. The first-order chi connectivity index (χ1) is 17.4. The van der Waals surface area contributed by atoms with Gasteiger partial charge in [-0.25, -0.2) is 5.48 Å². The maximum absolute atomic E-state index is 13.3. The molecule has 1 atom stereocenters. The van der Waals surface area contributed by atoms with Crippen LogP contribution in [-0.2, 0) is 16.0 Å². The zero-order valence-electron chi connectivity index (χ0n) is 19.0. The van der Waals surface area contributed by atoms with Crippen LogP contribution in [0.3, 0.4) is 0 Å². The molecule has 182 valence electrons. The predicted octanol–water partition coefficient (Wildman–Crippen LogP) is 4.43. The highest BCUT2D eigenvalue weighted by Gasteiger charge is 2.24. The van der Waals surface area contributed by atoms with Gasteiger partial charge in [-0.15, -0.1) is 0 Å². The van der Waals surface area contributed by atoms with Crippen molar-refractivity contribution in [2.24, 2.45) is 0 Å². The number of amides is 3. The molecule has 0 saturated heterocycles. The lowest BCUT2D eigenvalue weighted by molar-refractivity contribution is -0.124. The number of nitrogens with one attached hydrogen (secondary N) is 4. The first-order valence-corrected chi connectivity index (χ1v) is 11.9. The van der Waals surface area contributed by atoms with Gasteiger partial charge in [-0.1, -0.05) is 42.5 Å². The molecule has 1 unspecified atom stereocenters. The Labute approximate surface area is 215 Å². The Kier molecular flexibility index (Phi) is 7.94. The van der Waals surface area contributed by atoms with E-state index < -0.39 is 17.9 Å². The first-order valence-electron chi connectivity index (χ1n) is 11.1. The van der Waals surface area contributed by atoms with Crippen LogP contribution in [0.5, 0.6) is 0 Å². The van der Waals surface area contributed by atoms with Crippen molar-refractivity contribution < 1.29 is 19.6 Å². The third-order valence-corrected chi connectivity index (χ3v) is 6.25. The zero-order chi connectivity index (χ0) is 25.5. The van der Waals surface area contributed by atoms with Gasteiger partial charge >= 0.3 is 0 Å². The summed E-state index contributed by atoms with van der Waals surface area (Å²) in [6, 6.07) is 20.7. The summed E-state index contributed by atoms with van der Waals surface area (Å²) in [5.41, 5.74) is 4.99. The van der Waals surface area contributed by atoms with E-state index in [4.69, 9.17) is 5.21 Å². The molecule has 8 nitrogen and oxygen atoms in total. The smallest absolute Gasteiger partial charge is 0.267 e. The lowest BCUT2D eigenvalue weighted by Crippen LogP contribution is -2.45. The molecule has 1 heterocycles. The Morgan fingerprint density at radius 2 is 1.69 bits per heavy atom. The molecule has 0 aliphatic heterocycles. The van der Waals surface area contributed by atoms with Gasteiger partial charge in [-0.05, 0) is 63.5 Å². The molecule has 9 heteroatoms. The van der Waals surface area contributed by atoms with Gasteiger partial charge in [0.05, 0.1) is 5.69 Å². The van der Waals surface area contributed by atoms with Crippen molar-refractivity contribution >= 4 is 56.3 Å². The van der Waals surface area contributed by atoms with Gasteiger partial charge in [0.15, 0.2) is 0 Å². The first kappa shape index (κ1) is 24.9. The normalized spacial score (nSPS) is 11.8. The van der Waals surface area contributed by atoms with E-state index in [1.165, 1.54) is 17.6 Å². The molecule has 3 aromatic carbocycles. The summed E-state index contributed by atoms with van der Waals surface area (Å²) in [5, 5.41) is 15.3. The number of hydroxylamine groups is 1. The number of H-pyrrole nitrogens is 1. The number of anilines is 1. The van der Waals surface area contributed by atoms with Crippen molar-refractivity contribution in [2.45, 2.75) is 12.5 Å². The quantitative estimate of drug-likeness (QED) is 0.127. The Balaban J connectivity index is 1.55. The van der Waals surface area contributed by atoms with Crippen LogP contribution in [0.4, 0.5) is 5.69 Å². The highest BCUT2D eigenvalue weighted by atomic mass is 79.9. The van der Waals surface area contributed by atoms with Crippen molar-refractivity contribution in [1.82, 2.24) is 15.8 Å². The maximum atomic E-state index is 13.3. The molecule has 0 saturated carbocycles. The van der Waals surface area contributed by atoms with Gasteiger partial charge in [0.1, 0.15) is 6.04 Å². The molecule has 0 spiro atoms. The van der Waals surface area contributed by atoms with Crippen LogP contribution in [0, 0.1) is 0 Å². The third kappa shape index (κ3) is 6.07. The average molecular weight is 547 g/mol. The third-order valence-electron chi connectivity index (χ3n) is 5.56. The topological polar surface area (TPSA) is 123 Å². The van der Waals surface area contributed by atoms with E-state index in [9.17, 15) is 14.4 Å². The lowest BCUT2D eigenvalue weighted by atomic mass is 10.0. The molecule has 0 bridgehead atoms. The average Bonchev–Trinajstić information content (AvgIpc) is 3.31. The van der Waals surface area contributed by atoms with Crippen LogP contribution in [0.15, 0.2) is 89.5 Å². The van der Waals surface area contributed by atoms with Crippen LogP contribution < -0.4 is 16.1 Å². The highest BCUT2D eigenvalue weighted by Crippen LogP contribution is 2.23. The summed E-state index contributed by atoms with van der Waals surface area (Å²) < 4.78 is 0.731. The second-order valence-electron chi connectivity index (χ2n) is 7.99. The summed E-state index contributed by atoms with van der Waals surface area (Å²) in [7, 11) is 0. The molecule has 0 fully saturated rings. The van der Waals surface area contributed by atoms with E-state index in [0.29, 0.717) is 16.8 Å². The van der Waals surface area contributed by atoms with Gasteiger partial charge in [-0.3, -0.25) is 19.6 Å².